The van der Waals surface area contributed by atoms with E-state index in [1.165, 1.54) is 29.2 Å². The molecular formula is C46H65N15O12S2. The molecule has 2 fully saturated rings. The predicted molar refractivity (Wildman–Crippen MR) is 276 cm³/mol. The van der Waals surface area contributed by atoms with Gasteiger partial charge in [0.15, 0.2) is 5.96 Å². The molecule has 0 saturated carbocycles. The second kappa shape index (κ2) is 29.9. The van der Waals surface area contributed by atoms with Crippen LogP contribution < -0.4 is 71.6 Å². The van der Waals surface area contributed by atoms with E-state index in [4.69, 9.17) is 34.4 Å². The molecule has 29 heteroatoms. The van der Waals surface area contributed by atoms with Crippen molar-refractivity contribution in [1.82, 2.24) is 42.1 Å². The second-order valence-electron chi connectivity index (χ2n) is 17.6. The van der Waals surface area contributed by atoms with Gasteiger partial charge in [0, 0.05) is 43.9 Å². The van der Waals surface area contributed by atoms with Gasteiger partial charge in [-0.1, -0.05) is 64.1 Å². The van der Waals surface area contributed by atoms with E-state index in [1.54, 1.807) is 30.3 Å². The maximum Gasteiger partial charge on any atom is 0.246 e. The van der Waals surface area contributed by atoms with Crippen LogP contribution in [0.2, 0.25) is 0 Å². The number of amides is 11. The van der Waals surface area contributed by atoms with Crippen LogP contribution in [-0.4, -0.2) is 160 Å². The summed E-state index contributed by atoms with van der Waals surface area (Å²) in [5, 5.41) is 27.6. The van der Waals surface area contributed by atoms with Crippen molar-refractivity contribution < 1.29 is 57.8 Å². The van der Waals surface area contributed by atoms with Crippen LogP contribution in [0, 0.1) is 0 Å². The van der Waals surface area contributed by atoms with Gasteiger partial charge >= 0.3 is 0 Å². The van der Waals surface area contributed by atoms with Gasteiger partial charge in [-0.05, 0) is 55.4 Å². The normalized spacial score (nSPS) is 22.6. The molecular weight excluding hydrogens is 1020 g/mol. The van der Waals surface area contributed by atoms with Gasteiger partial charge in [-0.25, -0.2) is 0 Å². The number of nitrogens with zero attached hydrogens (tertiary/aromatic N) is 2. The Labute approximate surface area is 439 Å². The van der Waals surface area contributed by atoms with Gasteiger partial charge in [0.25, 0.3) is 0 Å². The van der Waals surface area contributed by atoms with Crippen LogP contribution in [0.1, 0.15) is 56.1 Å². The van der Waals surface area contributed by atoms with E-state index >= 15 is 0 Å². The first-order valence-electron chi connectivity index (χ1n) is 23.7. The van der Waals surface area contributed by atoms with Crippen LogP contribution in [0.15, 0.2) is 59.6 Å². The predicted octanol–water partition coefficient (Wildman–Crippen LogP) is -5.40. The number of phenolic OH excluding ortho intramolecular Hbond substituents is 1. The number of carbonyl (C=O) groups is 11. The Kier molecular flexibility index (Phi) is 23.9. The summed E-state index contributed by atoms with van der Waals surface area (Å²) >= 11 is 0. The Bertz CT molecular complexity index is 2420. The standard InChI is InChI=1S/C46H65N15O12S2/c47-27-22-74-75-23-33(45(73)61-17-5-9-34(61)44(72)56-28(8-4-16-53-46(51)52)39(67)54-21-37(50)65)60-43(71)32(20-36(49)64)59-40(68)29(14-15-35(48)63)55-41(69)31(18-24-6-2-1-3-7-24)58-42(70)30(57-38(27)66)19-25-10-12-26(62)13-11-25/h1-3,6-7,10-13,27-34,62H,4-5,8-9,14-23,47H2,(H2,48,63)(H2,49,64)(H2,50,65)(H,54,67)(H,55,69)(H,56,72)(H,57,66)(H,58,70)(H,59,68)(H,60,71)(H4,51,52,53)/t27-,28-,29-,30-,31+,32-,33-,34+/m1/s1. The van der Waals surface area contributed by atoms with E-state index in [0.29, 0.717) is 17.5 Å². The average molecular weight is 1080 g/mol. The second-order valence-corrected chi connectivity index (χ2v) is 20.2. The van der Waals surface area contributed by atoms with Crippen LogP contribution in [0.5, 0.6) is 5.75 Å². The lowest BCUT2D eigenvalue weighted by molar-refractivity contribution is -0.142. The Morgan fingerprint density at radius 3 is 1.89 bits per heavy atom. The van der Waals surface area contributed by atoms with Crippen molar-refractivity contribution in [1.29, 1.82) is 0 Å². The van der Waals surface area contributed by atoms with E-state index in [2.05, 4.69) is 42.2 Å². The molecule has 0 radical (unpaired) electrons. The molecule has 8 atom stereocenters. The first kappa shape index (κ1) is 59.9. The SMILES string of the molecule is NC(=O)CC[C@H]1NC(=O)[C@H](Cc2ccccc2)NC(=O)[C@@H](Cc2ccc(O)cc2)NC(=O)[C@H](N)CSSC[C@H](C(=O)N2CCC[C@H]2C(=O)N[C@H](CCCN=C(N)N)C(=O)NCC(N)=O)NC(=O)[C@@H](CC(N)=O)NC1=O. The zero-order chi connectivity index (χ0) is 55.2. The Hall–Kier alpha value is -7.66. The van der Waals surface area contributed by atoms with Gasteiger partial charge < -0.3 is 81.6 Å². The molecule has 2 aliphatic rings. The van der Waals surface area contributed by atoms with Gasteiger partial charge in [-0.15, -0.1) is 0 Å². The topological polar surface area (TPSA) is 464 Å². The van der Waals surface area contributed by atoms with E-state index in [-0.39, 0.29) is 68.4 Å². The van der Waals surface area contributed by atoms with Crippen molar-refractivity contribution in [3.8, 4) is 5.75 Å². The summed E-state index contributed by atoms with van der Waals surface area (Å²) in [5.41, 5.74) is 34.4. The number of aromatic hydroxyl groups is 1. The van der Waals surface area contributed by atoms with E-state index in [1.807, 2.05) is 0 Å². The van der Waals surface area contributed by atoms with Crippen LogP contribution in [0.3, 0.4) is 0 Å². The number of benzene rings is 2. The molecule has 2 aromatic rings. The van der Waals surface area contributed by atoms with E-state index < -0.39 is 139 Å². The number of likely N-dealkylation sites (tertiary alicyclic amines) is 1. The zero-order valence-corrected chi connectivity index (χ0v) is 42.5. The number of phenols is 1. The third-order valence-electron chi connectivity index (χ3n) is 11.6. The van der Waals surface area contributed by atoms with E-state index in [9.17, 15) is 57.8 Å². The minimum Gasteiger partial charge on any atom is -0.508 e. The summed E-state index contributed by atoms with van der Waals surface area (Å²) in [6.07, 6.45) is -1.38. The molecule has 75 heavy (non-hydrogen) atoms. The molecule has 2 aliphatic heterocycles. The fourth-order valence-electron chi connectivity index (χ4n) is 7.80. The number of aliphatic imine (C=N–C) groups is 1. The number of guanidine groups is 1. The number of hydrogen-bond acceptors (Lipinski definition) is 16. The maximum atomic E-state index is 14.6. The first-order valence-corrected chi connectivity index (χ1v) is 26.2. The largest absolute Gasteiger partial charge is 0.508 e. The van der Waals surface area contributed by atoms with Gasteiger partial charge in [-0.2, -0.15) is 0 Å². The van der Waals surface area contributed by atoms with E-state index in [0.717, 1.165) is 21.6 Å². The molecule has 11 amide bonds. The fraction of sp³-hybridized carbons (Fsp3) is 0.478. The quantitative estimate of drug-likeness (QED) is 0.0270. The summed E-state index contributed by atoms with van der Waals surface area (Å²) < 4.78 is 0. The number of nitrogens with one attached hydrogen (secondary N) is 7. The smallest absolute Gasteiger partial charge is 0.246 e. The summed E-state index contributed by atoms with van der Waals surface area (Å²) in [7, 11) is 1.99. The van der Waals surface area contributed by atoms with Gasteiger partial charge in [0.1, 0.15) is 48.0 Å². The first-order chi connectivity index (χ1) is 35.6. The maximum absolute atomic E-state index is 14.6. The summed E-state index contributed by atoms with van der Waals surface area (Å²) in [6, 6.07) is 2.80. The molecule has 2 saturated heterocycles. The lowest BCUT2D eigenvalue weighted by atomic mass is 10.0. The average Bonchev–Trinajstić information content (AvgIpc) is 3.86. The molecule has 0 aliphatic carbocycles. The Morgan fingerprint density at radius 1 is 0.707 bits per heavy atom. The third kappa shape index (κ3) is 20.3. The van der Waals surface area contributed by atoms with Crippen molar-refractivity contribution in [3.63, 3.8) is 0 Å². The lowest BCUT2D eigenvalue weighted by Gasteiger charge is -2.31. The molecule has 408 valence electrons. The van der Waals surface area contributed by atoms with Gasteiger partial charge in [0.2, 0.25) is 65.0 Å². The van der Waals surface area contributed by atoms with Crippen LogP contribution in [0.4, 0.5) is 0 Å². The van der Waals surface area contributed by atoms with Crippen molar-refractivity contribution in [2.45, 2.75) is 106 Å². The third-order valence-corrected chi connectivity index (χ3v) is 14.1. The molecule has 0 aromatic heterocycles. The highest BCUT2D eigenvalue weighted by molar-refractivity contribution is 8.76. The number of primary amides is 3. The highest BCUT2D eigenvalue weighted by Crippen LogP contribution is 2.26. The number of nitrogens with two attached hydrogens (primary N) is 6. The van der Waals surface area contributed by atoms with Crippen LogP contribution in [-0.2, 0) is 65.6 Å². The van der Waals surface area contributed by atoms with Crippen molar-refractivity contribution in [3.05, 3.63) is 65.7 Å². The minimum absolute atomic E-state index is 0.00106. The highest BCUT2D eigenvalue weighted by Gasteiger charge is 2.40. The fourth-order valence-corrected chi connectivity index (χ4v) is 10.1. The van der Waals surface area contributed by atoms with Gasteiger partial charge in [-0.3, -0.25) is 57.7 Å². The molecule has 0 spiro atoms. The summed E-state index contributed by atoms with van der Waals surface area (Å²) in [6.45, 7) is -0.443. The minimum atomic E-state index is -1.80. The van der Waals surface area contributed by atoms with Crippen molar-refractivity contribution >= 4 is 92.5 Å². The molecule has 2 aromatic carbocycles. The summed E-state index contributed by atoms with van der Waals surface area (Å²) in [5.74, 6) is -10.5. The molecule has 2 heterocycles. The number of carbonyl (C=O) groups excluding carboxylic acids is 11. The number of rotatable bonds is 19. The van der Waals surface area contributed by atoms with Crippen LogP contribution >= 0.6 is 21.6 Å². The Morgan fingerprint density at radius 2 is 1.28 bits per heavy atom. The number of hydrogen-bond donors (Lipinski definition) is 14. The monoisotopic (exact) mass is 1080 g/mol. The lowest BCUT2D eigenvalue weighted by Crippen LogP contribution is -2.61. The van der Waals surface area contributed by atoms with Crippen molar-refractivity contribution in [2.24, 2.45) is 39.4 Å². The molecule has 4 rings (SSSR count). The highest BCUT2D eigenvalue weighted by atomic mass is 33.1. The van der Waals surface area contributed by atoms with Gasteiger partial charge in [0.05, 0.1) is 19.0 Å². The zero-order valence-electron chi connectivity index (χ0n) is 40.8. The molecule has 27 nitrogen and oxygen atoms in total. The molecule has 20 N–H and O–H groups in total. The molecule has 0 unspecified atom stereocenters. The van der Waals surface area contributed by atoms with Crippen molar-refractivity contribution in [2.75, 3.05) is 31.1 Å². The molecule has 0 bridgehead atoms. The summed E-state index contributed by atoms with van der Waals surface area (Å²) in [4.78, 5) is 153. The Balaban J connectivity index is 1.71. The van der Waals surface area contributed by atoms with Crippen LogP contribution in [0.25, 0.3) is 0 Å².